The Hall–Kier alpha value is -1.62. The molecule has 1 aliphatic carbocycles. The molecule has 1 aromatic rings. The predicted molar refractivity (Wildman–Crippen MR) is 93.2 cm³/mol. The van der Waals surface area contributed by atoms with Crippen LogP contribution in [0.3, 0.4) is 0 Å². The van der Waals surface area contributed by atoms with Crippen molar-refractivity contribution in [2.24, 2.45) is 5.92 Å². The second-order valence-corrected chi connectivity index (χ2v) is 6.14. The molecule has 0 bridgehead atoms. The fourth-order valence-corrected chi connectivity index (χ4v) is 2.93. The Bertz CT molecular complexity index is 513. The molecule has 22 heavy (non-hydrogen) atoms. The number of nitrogens with one attached hydrogen (secondary N) is 2. The van der Waals surface area contributed by atoms with Gasteiger partial charge in [-0.05, 0) is 49.5 Å². The van der Waals surface area contributed by atoms with Crippen LogP contribution in [0.5, 0.6) is 5.75 Å². The van der Waals surface area contributed by atoms with Crippen LogP contribution in [0.15, 0.2) is 24.3 Å². The van der Waals surface area contributed by atoms with E-state index in [1.807, 2.05) is 24.3 Å². The number of rotatable bonds is 6. The summed E-state index contributed by atoms with van der Waals surface area (Å²) in [6.45, 7) is 2.75. The Morgan fingerprint density at radius 2 is 2.14 bits per heavy atom. The lowest BCUT2D eigenvalue weighted by molar-refractivity contribution is -0.120. The van der Waals surface area contributed by atoms with E-state index in [0.29, 0.717) is 24.1 Å². The van der Waals surface area contributed by atoms with Gasteiger partial charge in [-0.3, -0.25) is 4.79 Å². The van der Waals surface area contributed by atoms with Crippen LogP contribution in [-0.2, 0) is 4.79 Å². The number of hydrogen-bond acceptors (Lipinski definition) is 3. The highest BCUT2D eigenvalue weighted by Crippen LogP contribution is 2.27. The summed E-state index contributed by atoms with van der Waals surface area (Å²) in [5, 5.41) is 6.14. The smallest absolute Gasteiger partial charge is 0.226 e. The zero-order valence-electron chi connectivity index (χ0n) is 13.1. The summed E-state index contributed by atoms with van der Waals surface area (Å²) in [6, 6.07) is 7.58. The number of carbonyl (C=O) groups excluding carboxylic acids is 1. The number of hydrogen-bond donors (Lipinski definition) is 2. The molecule has 0 heterocycles. The van der Waals surface area contributed by atoms with Gasteiger partial charge in [0, 0.05) is 18.2 Å². The van der Waals surface area contributed by atoms with E-state index in [4.69, 9.17) is 17.0 Å². The molecule has 4 nitrogen and oxygen atoms in total. The minimum Gasteiger partial charge on any atom is -0.494 e. The molecule has 2 rings (SSSR count). The Morgan fingerprint density at radius 3 is 2.86 bits per heavy atom. The highest BCUT2D eigenvalue weighted by atomic mass is 32.1. The van der Waals surface area contributed by atoms with Crippen LogP contribution in [0.4, 0.5) is 5.69 Å². The molecule has 0 saturated heterocycles. The van der Waals surface area contributed by atoms with Gasteiger partial charge in [-0.2, -0.15) is 0 Å². The van der Waals surface area contributed by atoms with Gasteiger partial charge >= 0.3 is 0 Å². The molecule has 0 aromatic heterocycles. The van der Waals surface area contributed by atoms with Crippen LogP contribution >= 0.6 is 12.2 Å². The summed E-state index contributed by atoms with van der Waals surface area (Å²) in [5.41, 5.74) is 0.819. The largest absolute Gasteiger partial charge is 0.494 e. The molecular weight excluding hydrogens is 296 g/mol. The summed E-state index contributed by atoms with van der Waals surface area (Å²) < 4.78 is 5.58. The normalized spacial score (nSPS) is 14.6. The summed E-state index contributed by atoms with van der Waals surface area (Å²) >= 11 is 5.20. The maximum absolute atomic E-state index is 11.9. The van der Waals surface area contributed by atoms with Crippen molar-refractivity contribution in [1.29, 1.82) is 0 Å². The molecule has 0 radical (unpaired) electrons. The Balaban J connectivity index is 1.79. The number of ether oxygens (including phenoxy) is 1. The molecule has 5 heteroatoms. The number of thiocarbonyl (C=S) groups is 1. The first kappa shape index (κ1) is 16.7. The molecule has 0 atom stereocenters. The Morgan fingerprint density at radius 1 is 1.36 bits per heavy atom. The van der Waals surface area contributed by atoms with Crippen LogP contribution in [0.1, 0.15) is 45.4 Å². The van der Waals surface area contributed by atoms with Gasteiger partial charge in [-0.25, -0.2) is 0 Å². The highest BCUT2D eigenvalue weighted by molar-refractivity contribution is 7.80. The third-order valence-corrected chi connectivity index (χ3v) is 3.97. The van der Waals surface area contributed by atoms with Crippen molar-refractivity contribution >= 4 is 28.9 Å². The van der Waals surface area contributed by atoms with Gasteiger partial charge in [0.15, 0.2) is 5.11 Å². The molecule has 0 spiro atoms. The molecule has 1 saturated carbocycles. The van der Waals surface area contributed by atoms with Gasteiger partial charge in [0.05, 0.1) is 6.61 Å². The van der Waals surface area contributed by atoms with Gasteiger partial charge < -0.3 is 15.4 Å². The number of benzene rings is 1. The van der Waals surface area contributed by atoms with Gasteiger partial charge in [-0.15, -0.1) is 0 Å². The fourth-order valence-electron chi connectivity index (χ4n) is 2.70. The third kappa shape index (κ3) is 5.64. The summed E-state index contributed by atoms with van der Waals surface area (Å²) in [5.74, 6) is 1.32. The van der Waals surface area contributed by atoms with E-state index in [2.05, 4.69) is 17.6 Å². The van der Waals surface area contributed by atoms with Crippen molar-refractivity contribution in [3.8, 4) is 5.75 Å². The first-order chi connectivity index (χ1) is 10.7. The van der Waals surface area contributed by atoms with Gasteiger partial charge in [0.1, 0.15) is 5.75 Å². The van der Waals surface area contributed by atoms with Crippen molar-refractivity contribution < 1.29 is 9.53 Å². The summed E-state index contributed by atoms with van der Waals surface area (Å²) in [7, 11) is 0. The standard InChI is InChI=1S/C17H24N2O2S/c1-2-10-21-15-9-5-8-14(12-15)18-17(22)19-16(20)11-13-6-3-4-7-13/h5,8-9,12-13H,2-4,6-7,10-11H2,1H3,(H2,18,19,20,22). The monoisotopic (exact) mass is 320 g/mol. The second kappa shape index (κ2) is 8.73. The summed E-state index contributed by atoms with van der Waals surface area (Å²) in [6.07, 6.45) is 6.33. The molecule has 1 amide bonds. The molecule has 2 N–H and O–H groups in total. The van der Waals surface area contributed by atoms with Crippen molar-refractivity contribution in [3.63, 3.8) is 0 Å². The molecule has 1 fully saturated rings. The zero-order chi connectivity index (χ0) is 15.8. The van der Waals surface area contributed by atoms with Crippen LogP contribution in [-0.4, -0.2) is 17.6 Å². The van der Waals surface area contributed by atoms with Crippen LogP contribution in [0.2, 0.25) is 0 Å². The van der Waals surface area contributed by atoms with E-state index in [-0.39, 0.29) is 5.91 Å². The molecule has 1 aromatic carbocycles. The average Bonchev–Trinajstić information content (AvgIpc) is 2.98. The SMILES string of the molecule is CCCOc1cccc(NC(=S)NC(=O)CC2CCCC2)c1. The number of anilines is 1. The van der Waals surface area contributed by atoms with E-state index in [1.165, 1.54) is 12.8 Å². The quantitative estimate of drug-likeness (QED) is 0.781. The van der Waals surface area contributed by atoms with Crippen molar-refractivity contribution in [1.82, 2.24) is 5.32 Å². The molecule has 120 valence electrons. The van der Waals surface area contributed by atoms with E-state index < -0.39 is 0 Å². The lowest BCUT2D eigenvalue weighted by Crippen LogP contribution is -2.34. The average molecular weight is 320 g/mol. The molecule has 1 aliphatic rings. The van der Waals surface area contributed by atoms with Crippen molar-refractivity contribution in [2.45, 2.75) is 45.4 Å². The summed E-state index contributed by atoms with van der Waals surface area (Å²) in [4.78, 5) is 11.9. The molecule has 0 aliphatic heterocycles. The second-order valence-electron chi connectivity index (χ2n) is 5.73. The molecular formula is C17H24N2O2S. The first-order valence-corrected chi connectivity index (χ1v) is 8.42. The number of amides is 1. The minimum atomic E-state index is 0.00258. The van der Waals surface area contributed by atoms with Gasteiger partial charge in [-0.1, -0.05) is 25.8 Å². The zero-order valence-corrected chi connectivity index (χ0v) is 13.9. The topological polar surface area (TPSA) is 50.4 Å². The lowest BCUT2D eigenvalue weighted by atomic mass is 10.0. The lowest BCUT2D eigenvalue weighted by Gasteiger charge is -2.13. The van der Waals surface area contributed by atoms with Crippen molar-refractivity contribution in [3.05, 3.63) is 24.3 Å². The fraction of sp³-hybridized carbons (Fsp3) is 0.529. The Labute approximate surface area is 137 Å². The van der Waals surface area contributed by atoms with E-state index in [9.17, 15) is 4.79 Å². The molecule has 0 unspecified atom stereocenters. The van der Waals surface area contributed by atoms with Crippen LogP contribution in [0.25, 0.3) is 0 Å². The predicted octanol–water partition coefficient (Wildman–Crippen LogP) is 3.87. The number of carbonyl (C=O) groups is 1. The third-order valence-electron chi connectivity index (χ3n) is 3.77. The van der Waals surface area contributed by atoms with E-state index >= 15 is 0 Å². The minimum absolute atomic E-state index is 0.00258. The van der Waals surface area contributed by atoms with Crippen LogP contribution in [0, 0.1) is 5.92 Å². The van der Waals surface area contributed by atoms with E-state index in [0.717, 1.165) is 30.7 Å². The van der Waals surface area contributed by atoms with Gasteiger partial charge in [0.25, 0.3) is 0 Å². The maximum Gasteiger partial charge on any atom is 0.226 e. The van der Waals surface area contributed by atoms with Gasteiger partial charge in [0.2, 0.25) is 5.91 Å². The van der Waals surface area contributed by atoms with Crippen LogP contribution < -0.4 is 15.4 Å². The van der Waals surface area contributed by atoms with E-state index in [1.54, 1.807) is 0 Å². The first-order valence-electron chi connectivity index (χ1n) is 8.01. The van der Waals surface area contributed by atoms with Crippen molar-refractivity contribution in [2.75, 3.05) is 11.9 Å². The Kier molecular flexibility index (Phi) is 6.65. The highest BCUT2D eigenvalue weighted by Gasteiger charge is 2.18. The maximum atomic E-state index is 11.9.